The molecule has 0 bridgehead atoms. The molecule has 0 unspecified atom stereocenters. The van der Waals surface area contributed by atoms with Gasteiger partial charge in [-0.25, -0.2) is 0 Å². The number of rotatable bonds is 4. The lowest BCUT2D eigenvalue weighted by atomic mass is 10.1. The molecule has 2 aliphatic rings. The van der Waals surface area contributed by atoms with Gasteiger partial charge in [0.2, 0.25) is 5.91 Å². The molecule has 1 aliphatic heterocycles. The Morgan fingerprint density at radius 1 is 1.16 bits per heavy atom. The topological polar surface area (TPSA) is 65.8 Å². The van der Waals surface area contributed by atoms with E-state index in [2.05, 4.69) is 10.2 Å². The highest BCUT2D eigenvalue weighted by molar-refractivity contribution is 5.99. The summed E-state index contributed by atoms with van der Waals surface area (Å²) in [7, 11) is 0. The average Bonchev–Trinajstić information content (AvgIpc) is 3.37. The quantitative estimate of drug-likeness (QED) is 0.921. The summed E-state index contributed by atoms with van der Waals surface area (Å²) < 4.78 is 5.79. The van der Waals surface area contributed by atoms with E-state index in [9.17, 15) is 9.59 Å². The summed E-state index contributed by atoms with van der Waals surface area (Å²) in [6.45, 7) is 5.00. The van der Waals surface area contributed by atoms with Crippen molar-refractivity contribution in [3.05, 3.63) is 35.6 Å². The lowest BCUT2D eigenvalue weighted by molar-refractivity contribution is -0.122. The molecule has 25 heavy (non-hydrogen) atoms. The van der Waals surface area contributed by atoms with Crippen LogP contribution in [0.25, 0.3) is 11.0 Å². The first kappa shape index (κ1) is 16.1. The summed E-state index contributed by atoms with van der Waals surface area (Å²) in [6.07, 6.45) is 2.20. The van der Waals surface area contributed by atoms with Gasteiger partial charge in [0.1, 0.15) is 5.58 Å². The highest BCUT2D eigenvalue weighted by atomic mass is 16.3. The summed E-state index contributed by atoms with van der Waals surface area (Å²) in [5.41, 5.74) is 1.64. The van der Waals surface area contributed by atoms with Crippen molar-refractivity contribution in [3.63, 3.8) is 0 Å². The van der Waals surface area contributed by atoms with Gasteiger partial charge in [-0.2, -0.15) is 0 Å². The highest BCUT2D eigenvalue weighted by Gasteiger charge is 2.28. The van der Waals surface area contributed by atoms with Gasteiger partial charge in [0.25, 0.3) is 5.91 Å². The van der Waals surface area contributed by atoms with Crippen LogP contribution in [0.4, 0.5) is 0 Å². The molecule has 1 aliphatic carbocycles. The zero-order valence-electron chi connectivity index (χ0n) is 14.5. The summed E-state index contributed by atoms with van der Waals surface area (Å²) >= 11 is 0. The van der Waals surface area contributed by atoms with Gasteiger partial charge in [-0.1, -0.05) is 18.2 Å². The van der Waals surface area contributed by atoms with Crippen molar-refractivity contribution in [2.45, 2.75) is 25.8 Å². The van der Waals surface area contributed by atoms with E-state index < -0.39 is 0 Å². The van der Waals surface area contributed by atoms with Crippen molar-refractivity contribution >= 4 is 22.8 Å². The third-order valence-electron chi connectivity index (χ3n) is 5.01. The van der Waals surface area contributed by atoms with E-state index >= 15 is 0 Å². The molecular weight excluding hydrogens is 318 g/mol. The van der Waals surface area contributed by atoms with Gasteiger partial charge >= 0.3 is 0 Å². The number of fused-ring (bicyclic) bond motifs is 1. The second-order valence-electron chi connectivity index (χ2n) is 6.96. The van der Waals surface area contributed by atoms with Crippen LogP contribution < -0.4 is 5.32 Å². The number of carbonyl (C=O) groups excluding carboxylic acids is 2. The standard InChI is InChI=1S/C19H23N3O3/c1-13-15-4-2-3-5-16(15)25-18(13)19(24)22-10-8-21(9-11-22)12-17(23)20-14-6-7-14/h2-5,14H,6-12H2,1H3,(H,20,23). The van der Waals surface area contributed by atoms with Crippen LogP contribution in [0.5, 0.6) is 0 Å². The van der Waals surface area contributed by atoms with E-state index in [1.165, 1.54) is 0 Å². The lowest BCUT2D eigenvalue weighted by Gasteiger charge is -2.34. The molecule has 6 heteroatoms. The molecule has 2 heterocycles. The fourth-order valence-corrected chi connectivity index (χ4v) is 3.34. The van der Waals surface area contributed by atoms with Crippen LogP contribution in [-0.4, -0.2) is 60.4 Å². The van der Waals surface area contributed by atoms with Crippen LogP contribution in [0.15, 0.2) is 28.7 Å². The Morgan fingerprint density at radius 2 is 1.88 bits per heavy atom. The number of amides is 2. The van der Waals surface area contributed by atoms with Crippen molar-refractivity contribution in [1.82, 2.24) is 15.1 Å². The SMILES string of the molecule is Cc1c(C(=O)N2CCN(CC(=O)NC3CC3)CC2)oc2ccccc12. The van der Waals surface area contributed by atoms with Gasteiger partial charge < -0.3 is 14.6 Å². The Balaban J connectivity index is 1.37. The van der Waals surface area contributed by atoms with Crippen molar-refractivity contribution in [2.75, 3.05) is 32.7 Å². The number of hydrogen-bond donors (Lipinski definition) is 1. The first-order valence-corrected chi connectivity index (χ1v) is 8.91. The summed E-state index contributed by atoms with van der Waals surface area (Å²) in [6, 6.07) is 8.11. The average molecular weight is 341 g/mol. The molecule has 6 nitrogen and oxygen atoms in total. The molecule has 1 saturated heterocycles. The molecule has 2 aromatic rings. The minimum Gasteiger partial charge on any atom is -0.451 e. The van der Waals surface area contributed by atoms with Crippen molar-refractivity contribution in [1.29, 1.82) is 0 Å². The molecular formula is C19H23N3O3. The van der Waals surface area contributed by atoms with Gasteiger partial charge in [0, 0.05) is 43.2 Å². The van der Waals surface area contributed by atoms with E-state index in [-0.39, 0.29) is 11.8 Å². The molecule has 132 valence electrons. The Kier molecular flexibility index (Phi) is 4.21. The molecule has 1 saturated carbocycles. The van der Waals surface area contributed by atoms with Crippen LogP contribution >= 0.6 is 0 Å². The number of benzene rings is 1. The largest absolute Gasteiger partial charge is 0.451 e. The maximum atomic E-state index is 12.8. The van der Waals surface area contributed by atoms with E-state index in [0.717, 1.165) is 29.4 Å². The van der Waals surface area contributed by atoms with Crippen molar-refractivity contribution in [2.24, 2.45) is 0 Å². The van der Waals surface area contributed by atoms with Crippen LogP contribution in [0.1, 0.15) is 29.0 Å². The minimum atomic E-state index is -0.0595. The normalized spacial score (nSPS) is 18.5. The number of aryl methyl sites for hydroxylation is 1. The van der Waals surface area contributed by atoms with Gasteiger partial charge in [0.15, 0.2) is 5.76 Å². The summed E-state index contributed by atoms with van der Waals surface area (Å²) in [4.78, 5) is 28.6. The number of piperazine rings is 1. The molecule has 0 spiro atoms. The van der Waals surface area contributed by atoms with Crippen LogP contribution in [0.2, 0.25) is 0 Å². The predicted molar refractivity (Wildman–Crippen MR) is 94.5 cm³/mol. The lowest BCUT2D eigenvalue weighted by Crippen LogP contribution is -2.51. The van der Waals surface area contributed by atoms with Crippen LogP contribution in [0.3, 0.4) is 0 Å². The van der Waals surface area contributed by atoms with Gasteiger partial charge in [0.05, 0.1) is 6.54 Å². The summed E-state index contributed by atoms with van der Waals surface area (Å²) in [5, 5.41) is 3.99. The third kappa shape index (κ3) is 3.39. The van der Waals surface area contributed by atoms with Crippen LogP contribution in [0, 0.1) is 6.92 Å². The van der Waals surface area contributed by atoms with Crippen molar-refractivity contribution < 1.29 is 14.0 Å². The highest BCUT2D eigenvalue weighted by Crippen LogP contribution is 2.26. The van der Waals surface area contributed by atoms with Crippen molar-refractivity contribution in [3.8, 4) is 0 Å². The predicted octanol–water partition coefficient (Wildman–Crippen LogP) is 1.78. The fraction of sp³-hybridized carbons (Fsp3) is 0.474. The van der Waals surface area contributed by atoms with Gasteiger partial charge in [-0.15, -0.1) is 0 Å². The minimum absolute atomic E-state index is 0.0595. The number of para-hydroxylation sites is 1. The zero-order valence-corrected chi connectivity index (χ0v) is 14.5. The van der Waals surface area contributed by atoms with Gasteiger partial charge in [-0.05, 0) is 25.8 Å². The Bertz CT molecular complexity index is 801. The molecule has 1 aromatic carbocycles. The monoisotopic (exact) mass is 341 g/mol. The maximum absolute atomic E-state index is 12.8. The Labute approximate surface area is 146 Å². The Hall–Kier alpha value is -2.34. The number of hydrogen-bond acceptors (Lipinski definition) is 4. The number of nitrogens with one attached hydrogen (secondary N) is 1. The smallest absolute Gasteiger partial charge is 0.289 e. The molecule has 0 atom stereocenters. The number of carbonyl (C=O) groups is 2. The van der Waals surface area contributed by atoms with Gasteiger partial charge in [-0.3, -0.25) is 14.5 Å². The zero-order chi connectivity index (χ0) is 17.4. The van der Waals surface area contributed by atoms with E-state index in [0.29, 0.717) is 44.5 Å². The molecule has 4 rings (SSSR count). The second kappa shape index (κ2) is 6.52. The first-order chi connectivity index (χ1) is 12.1. The molecule has 1 aromatic heterocycles. The molecule has 2 amide bonds. The molecule has 2 fully saturated rings. The van der Waals surface area contributed by atoms with E-state index in [1.807, 2.05) is 36.1 Å². The summed E-state index contributed by atoms with van der Waals surface area (Å²) in [5.74, 6) is 0.465. The van der Waals surface area contributed by atoms with E-state index in [1.54, 1.807) is 0 Å². The first-order valence-electron chi connectivity index (χ1n) is 8.91. The number of nitrogens with zero attached hydrogens (tertiary/aromatic N) is 2. The third-order valence-corrected chi connectivity index (χ3v) is 5.01. The van der Waals surface area contributed by atoms with E-state index in [4.69, 9.17) is 4.42 Å². The molecule has 0 radical (unpaired) electrons. The van der Waals surface area contributed by atoms with Crippen LogP contribution in [-0.2, 0) is 4.79 Å². The molecule has 1 N–H and O–H groups in total. The number of furan rings is 1. The maximum Gasteiger partial charge on any atom is 0.289 e. The fourth-order valence-electron chi connectivity index (χ4n) is 3.34. The second-order valence-corrected chi connectivity index (χ2v) is 6.96. The Morgan fingerprint density at radius 3 is 2.56 bits per heavy atom.